The molecule has 0 radical (unpaired) electrons. The van der Waals surface area contributed by atoms with Gasteiger partial charge in [-0.15, -0.1) is 0 Å². The van der Waals surface area contributed by atoms with Crippen LogP contribution in [0.15, 0.2) is 30.3 Å². The standard InChI is InChI=1S/C15H20N2O/c18-14(17-13-7-2-1-3-8-13)15-9-5-4-6-12(15)10-16-11-15/h1-3,7-8,12,16H,4-6,9-11H2,(H,17,18)/t12-,15+/m0/s1. The van der Waals surface area contributed by atoms with Gasteiger partial charge in [-0.1, -0.05) is 31.0 Å². The van der Waals surface area contributed by atoms with Crippen molar-refractivity contribution in [2.45, 2.75) is 25.7 Å². The Morgan fingerprint density at radius 2 is 2.11 bits per heavy atom. The zero-order valence-corrected chi connectivity index (χ0v) is 10.6. The molecule has 1 aromatic carbocycles. The maximum atomic E-state index is 12.6. The Hall–Kier alpha value is -1.35. The molecule has 1 aliphatic carbocycles. The third-order valence-electron chi connectivity index (χ3n) is 4.52. The topological polar surface area (TPSA) is 41.1 Å². The van der Waals surface area contributed by atoms with Crippen molar-refractivity contribution >= 4 is 11.6 Å². The van der Waals surface area contributed by atoms with Crippen LogP contribution >= 0.6 is 0 Å². The number of rotatable bonds is 2. The Labute approximate surface area is 108 Å². The maximum Gasteiger partial charge on any atom is 0.232 e. The van der Waals surface area contributed by atoms with Crippen LogP contribution < -0.4 is 10.6 Å². The second-order valence-corrected chi connectivity index (χ2v) is 5.55. The van der Waals surface area contributed by atoms with Gasteiger partial charge < -0.3 is 10.6 Å². The molecular weight excluding hydrogens is 224 g/mol. The predicted molar refractivity (Wildman–Crippen MR) is 72.3 cm³/mol. The number of anilines is 1. The molecule has 1 aliphatic heterocycles. The summed E-state index contributed by atoms with van der Waals surface area (Å²) < 4.78 is 0. The van der Waals surface area contributed by atoms with Gasteiger partial charge in [0.2, 0.25) is 5.91 Å². The zero-order valence-electron chi connectivity index (χ0n) is 10.6. The quantitative estimate of drug-likeness (QED) is 0.838. The van der Waals surface area contributed by atoms with Crippen LogP contribution in [0, 0.1) is 11.3 Å². The summed E-state index contributed by atoms with van der Waals surface area (Å²) in [6, 6.07) is 9.79. The van der Waals surface area contributed by atoms with Crippen molar-refractivity contribution in [3.63, 3.8) is 0 Å². The molecule has 0 bridgehead atoms. The number of fused-ring (bicyclic) bond motifs is 1. The first-order chi connectivity index (χ1) is 8.81. The fourth-order valence-corrected chi connectivity index (χ4v) is 3.47. The van der Waals surface area contributed by atoms with Crippen molar-refractivity contribution in [3.05, 3.63) is 30.3 Å². The predicted octanol–water partition coefficient (Wildman–Crippen LogP) is 2.40. The average molecular weight is 244 g/mol. The van der Waals surface area contributed by atoms with Gasteiger partial charge in [-0.2, -0.15) is 0 Å². The van der Waals surface area contributed by atoms with E-state index in [1.807, 2.05) is 30.3 Å². The lowest BCUT2D eigenvalue weighted by Gasteiger charge is -2.37. The van der Waals surface area contributed by atoms with Gasteiger partial charge in [0.25, 0.3) is 0 Å². The Balaban J connectivity index is 1.78. The fourth-order valence-electron chi connectivity index (χ4n) is 3.47. The molecule has 1 saturated carbocycles. The molecule has 3 heteroatoms. The van der Waals surface area contributed by atoms with Crippen LogP contribution in [0.1, 0.15) is 25.7 Å². The van der Waals surface area contributed by atoms with E-state index in [1.54, 1.807) is 0 Å². The lowest BCUT2D eigenvalue weighted by Crippen LogP contribution is -2.44. The molecule has 2 atom stereocenters. The third-order valence-corrected chi connectivity index (χ3v) is 4.52. The number of para-hydroxylation sites is 1. The monoisotopic (exact) mass is 244 g/mol. The van der Waals surface area contributed by atoms with Crippen molar-refractivity contribution in [3.8, 4) is 0 Å². The van der Waals surface area contributed by atoms with Gasteiger partial charge in [0.05, 0.1) is 5.41 Å². The highest BCUT2D eigenvalue weighted by molar-refractivity contribution is 5.96. The van der Waals surface area contributed by atoms with Gasteiger partial charge in [-0.25, -0.2) is 0 Å². The number of carbonyl (C=O) groups excluding carboxylic acids is 1. The summed E-state index contributed by atoms with van der Waals surface area (Å²) in [5.41, 5.74) is 0.752. The van der Waals surface area contributed by atoms with Crippen LogP contribution in [-0.4, -0.2) is 19.0 Å². The lowest BCUT2D eigenvalue weighted by molar-refractivity contribution is -0.128. The first-order valence-electron chi connectivity index (χ1n) is 6.88. The summed E-state index contributed by atoms with van der Waals surface area (Å²) in [7, 11) is 0. The van der Waals surface area contributed by atoms with E-state index in [9.17, 15) is 4.79 Å². The van der Waals surface area contributed by atoms with Crippen molar-refractivity contribution < 1.29 is 4.79 Å². The molecule has 3 nitrogen and oxygen atoms in total. The third kappa shape index (κ3) is 1.93. The van der Waals surface area contributed by atoms with Crippen molar-refractivity contribution in [2.24, 2.45) is 11.3 Å². The molecule has 0 aromatic heterocycles. The minimum Gasteiger partial charge on any atom is -0.326 e. The highest BCUT2D eigenvalue weighted by Gasteiger charge is 2.49. The molecule has 2 aliphatic rings. The summed E-state index contributed by atoms with van der Waals surface area (Å²) in [4.78, 5) is 12.6. The number of carbonyl (C=O) groups is 1. The second-order valence-electron chi connectivity index (χ2n) is 5.55. The van der Waals surface area contributed by atoms with Crippen LogP contribution in [0.5, 0.6) is 0 Å². The van der Waals surface area contributed by atoms with E-state index in [1.165, 1.54) is 19.3 Å². The molecule has 18 heavy (non-hydrogen) atoms. The van der Waals surface area contributed by atoms with Gasteiger partial charge in [-0.3, -0.25) is 4.79 Å². The largest absolute Gasteiger partial charge is 0.326 e. The highest BCUT2D eigenvalue weighted by Crippen LogP contribution is 2.44. The second kappa shape index (κ2) is 4.73. The minimum atomic E-state index is -0.159. The zero-order chi connectivity index (χ0) is 12.4. The molecule has 1 aromatic rings. The molecule has 3 rings (SSSR count). The van der Waals surface area contributed by atoms with E-state index in [4.69, 9.17) is 0 Å². The smallest absolute Gasteiger partial charge is 0.232 e. The molecule has 0 spiro atoms. The van der Waals surface area contributed by atoms with Gasteiger partial charge in [0.15, 0.2) is 0 Å². The van der Waals surface area contributed by atoms with E-state index in [0.29, 0.717) is 5.92 Å². The summed E-state index contributed by atoms with van der Waals surface area (Å²) in [6.07, 6.45) is 4.67. The van der Waals surface area contributed by atoms with Crippen molar-refractivity contribution in [1.82, 2.24) is 5.32 Å². The van der Waals surface area contributed by atoms with E-state index in [0.717, 1.165) is 25.2 Å². The summed E-state index contributed by atoms with van der Waals surface area (Å²) in [5, 5.41) is 6.51. The molecule has 1 amide bonds. The van der Waals surface area contributed by atoms with Crippen LogP contribution in [-0.2, 0) is 4.79 Å². The van der Waals surface area contributed by atoms with Crippen molar-refractivity contribution in [1.29, 1.82) is 0 Å². The van der Waals surface area contributed by atoms with E-state index in [2.05, 4.69) is 10.6 Å². The fraction of sp³-hybridized carbons (Fsp3) is 0.533. The molecule has 2 fully saturated rings. The molecule has 96 valence electrons. The first-order valence-corrected chi connectivity index (χ1v) is 6.88. The van der Waals surface area contributed by atoms with E-state index in [-0.39, 0.29) is 11.3 Å². The number of hydrogen-bond donors (Lipinski definition) is 2. The van der Waals surface area contributed by atoms with E-state index < -0.39 is 0 Å². The average Bonchev–Trinajstić information content (AvgIpc) is 2.85. The van der Waals surface area contributed by atoms with Crippen LogP contribution in [0.25, 0.3) is 0 Å². The molecule has 0 unspecified atom stereocenters. The number of nitrogens with one attached hydrogen (secondary N) is 2. The van der Waals surface area contributed by atoms with Gasteiger partial charge in [0.1, 0.15) is 0 Å². The Morgan fingerprint density at radius 1 is 1.28 bits per heavy atom. The van der Waals surface area contributed by atoms with Gasteiger partial charge in [-0.05, 0) is 37.4 Å². The molecule has 1 saturated heterocycles. The summed E-state index contributed by atoms with van der Waals surface area (Å²) >= 11 is 0. The Morgan fingerprint density at radius 3 is 2.94 bits per heavy atom. The first kappa shape index (κ1) is 11.7. The Kier molecular flexibility index (Phi) is 3.08. The normalized spacial score (nSPS) is 30.8. The van der Waals surface area contributed by atoms with Gasteiger partial charge >= 0.3 is 0 Å². The van der Waals surface area contributed by atoms with Crippen molar-refractivity contribution in [2.75, 3.05) is 18.4 Å². The molecule has 1 heterocycles. The minimum absolute atomic E-state index is 0.159. The molecule has 2 N–H and O–H groups in total. The lowest BCUT2D eigenvalue weighted by atomic mass is 9.67. The summed E-state index contributed by atoms with van der Waals surface area (Å²) in [5.74, 6) is 0.735. The number of hydrogen-bond acceptors (Lipinski definition) is 2. The summed E-state index contributed by atoms with van der Waals surface area (Å²) in [6.45, 7) is 1.85. The van der Waals surface area contributed by atoms with E-state index >= 15 is 0 Å². The highest BCUT2D eigenvalue weighted by atomic mass is 16.2. The number of benzene rings is 1. The molecular formula is C15H20N2O. The van der Waals surface area contributed by atoms with Crippen LogP contribution in [0.4, 0.5) is 5.69 Å². The number of amides is 1. The Bertz CT molecular complexity index is 431. The van der Waals surface area contributed by atoms with Crippen LogP contribution in [0.3, 0.4) is 0 Å². The van der Waals surface area contributed by atoms with Gasteiger partial charge in [0, 0.05) is 12.2 Å². The maximum absolute atomic E-state index is 12.6. The SMILES string of the molecule is O=C(Nc1ccccc1)[C@@]12CCCC[C@H]1CNC2. The van der Waals surface area contributed by atoms with Crippen LogP contribution in [0.2, 0.25) is 0 Å².